The van der Waals surface area contributed by atoms with Gasteiger partial charge in [0.2, 0.25) is 0 Å². The first kappa shape index (κ1) is 15.1. The van der Waals surface area contributed by atoms with E-state index < -0.39 is 0 Å². The van der Waals surface area contributed by atoms with E-state index in [0.717, 1.165) is 33.6 Å². The number of nitrogens with two attached hydrogens (primary N) is 1. The lowest BCUT2D eigenvalue weighted by Crippen LogP contribution is -2.09. The summed E-state index contributed by atoms with van der Waals surface area (Å²) in [6.45, 7) is 4.51. The molecule has 2 N–H and O–H groups in total. The minimum Gasteiger partial charge on any atom is -0.487 e. The van der Waals surface area contributed by atoms with Gasteiger partial charge in [0, 0.05) is 18.7 Å². The Balaban J connectivity index is 2.19. The van der Waals surface area contributed by atoms with Gasteiger partial charge < -0.3 is 10.5 Å². The summed E-state index contributed by atoms with van der Waals surface area (Å²) in [4.78, 5) is 0. The van der Waals surface area contributed by atoms with Crippen LogP contribution in [0.2, 0.25) is 0 Å². The van der Waals surface area contributed by atoms with Crippen molar-refractivity contribution in [1.82, 2.24) is 9.78 Å². The second kappa shape index (κ2) is 6.41. The van der Waals surface area contributed by atoms with Gasteiger partial charge in [0.15, 0.2) is 0 Å². The molecule has 20 heavy (non-hydrogen) atoms. The molecule has 0 spiro atoms. The average Bonchev–Trinajstić information content (AvgIpc) is 2.71. The molecule has 0 aliphatic carbocycles. The van der Waals surface area contributed by atoms with E-state index in [2.05, 4.69) is 28.0 Å². The van der Waals surface area contributed by atoms with Crippen molar-refractivity contribution in [3.05, 3.63) is 45.7 Å². The number of aromatic nitrogens is 2. The van der Waals surface area contributed by atoms with E-state index in [0.29, 0.717) is 6.61 Å². The van der Waals surface area contributed by atoms with E-state index in [1.165, 1.54) is 0 Å². The van der Waals surface area contributed by atoms with Crippen LogP contribution in [0.3, 0.4) is 0 Å². The van der Waals surface area contributed by atoms with E-state index >= 15 is 0 Å². The third-order valence-electron chi connectivity index (χ3n) is 3.28. The van der Waals surface area contributed by atoms with Gasteiger partial charge >= 0.3 is 0 Å². The van der Waals surface area contributed by atoms with Crippen molar-refractivity contribution in [3.63, 3.8) is 0 Å². The predicted octanol–water partition coefficient (Wildman–Crippen LogP) is 3.34. The number of aryl methyl sites for hydroxylation is 2. The largest absolute Gasteiger partial charge is 0.487 e. The molecular weight excluding hydrogens is 318 g/mol. The van der Waals surface area contributed by atoms with Crippen LogP contribution >= 0.6 is 15.9 Å². The highest BCUT2D eigenvalue weighted by Crippen LogP contribution is 2.26. The van der Waals surface area contributed by atoms with Gasteiger partial charge in [0.1, 0.15) is 12.4 Å². The number of benzene rings is 1. The first-order chi connectivity index (χ1) is 9.54. The molecule has 1 heterocycles. The molecule has 0 bridgehead atoms. The molecule has 0 aliphatic heterocycles. The Morgan fingerprint density at radius 1 is 1.40 bits per heavy atom. The highest BCUT2D eigenvalue weighted by Gasteiger charge is 2.14. The van der Waals surface area contributed by atoms with Gasteiger partial charge in [-0.25, -0.2) is 0 Å². The zero-order chi connectivity index (χ0) is 14.7. The Labute approximate surface area is 128 Å². The van der Waals surface area contributed by atoms with Crippen LogP contribution in [0, 0.1) is 0 Å². The number of halogens is 1. The van der Waals surface area contributed by atoms with Crippen molar-refractivity contribution in [2.45, 2.75) is 32.9 Å². The first-order valence-electron chi connectivity index (χ1n) is 6.72. The summed E-state index contributed by atoms with van der Waals surface area (Å²) in [5.74, 6) is 0.827. The molecule has 2 aromatic rings. The molecule has 1 aromatic heterocycles. The van der Waals surface area contributed by atoms with Crippen molar-refractivity contribution in [3.8, 4) is 5.75 Å². The molecule has 1 aromatic carbocycles. The molecule has 0 unspecified atom stereocenters. The van der Waals surface area contributed by atoms with Gasteiger partial charge in [0.25, 0.3) is 0 Å². The quantitative estimate of drug-likeness (QED) is 0.910. The van der Waals surface area contributed by atoms with Crippen molar-refractivity contribution >= 4 is 15.9 Å². The van der Waals surface area contributed by atoms with Crippen LogP contribution < -0.4 is 10.5 Å². The summed E-state index contributed by atoms with van der Waals surface area (Å²) in [6.07, 6.45) is 0.894. The van der Waals surface area contributed by atoms with Crippen LogP contribution in [0.1, 0.15) is 36.8 Å². The van der Waals surface area contributed by atoms with Crippen LogP contribution in [0.5, 0.6) is 5.75 Å². The zero-order valence-corrected chi connectivity index (χ0v) is 13.6. The Kier molecular flexibility index (Phi) is 4.83. The summed E-state index contributed by atoms with van der Waals surface area (Å²) in [5.41, 5.74) is 9.05. The minimum absolute atomic E-state index is 0.0487. The Bertz CT molecular complexity index is 593. The summed E-state index contributed by atoms with van der Waals surface area (Å²) in [7, 11) is 1.93. The van der Waals surface area contributed by atoms with E-state index in [9.17, 15) is 0 Å². The molecule has 0 aliphatic rings. The number of hydrogen-bond acceptors (Lipinski definition) is 3. The number of para-hydroxylation sites is 1. The van der Waals surface area contributed by atoms with Crippen LogP contribution in [0.15, 0.2) is 28.7 Å². The van der Waals surface area contributed by atoms with Gasteiger partial charge in [-0.15, -0.1) is 0 Å². The van der Waals surface area contributed by atoms with Gasteiger partial charge in [0.05, 0.1) is 15.9 Å². The summed E-state index contributed by atoms with van der Waals surface area (Å²) < 4.78 is 8.82. The van der Waals surface area contributed by atoms with Crippen molar-refractivity contribution in [2.75, 3.05) is 0 Å². The molecule has 2 rings (SSSR count). The monoisotopic (exact) mass is 337 g/mol. The maximum atomic E-state index is 5.96. The number of hydrogen-bond donors (Lipinski definition) is 1. The SMILES string of the molecule is CCc1nn(C)c(COc2ccccc2[C@H](C)N)c1Br. The highest BCUT2D eigenvalue weighted by atomic mass is 79.9. The summed E-state index contributed by atoms with van der Waals surface area (Å²) in [6, 6.07) is 7.82. The maximum absolute atomic E-state index is 5.96. The van der Waals surface area contributed by atoms with Gasteiger partial charge in [-0.2, -0.15) is 5.10 Å². The minimum atomic E-state index is -0.0487. The van der Waals surface area contributed by atoms with Gasteiger partial charge in [-0.3, -0.25) is 4.68 Å². The van der Waals surface area contributed by atoms with Crippen LogP contribution in [0.4, 0.5) is 0 Å². The second-order valence-electron chi connectivity index (χ2n) is 4.80. The molecule has 108 valence electrons. The molecule has 0 saturated carbocycles. The van der Waals surface area contributed by atoms with E-state index in [1.807, 2.05) is 42.9 Å². The van der Waals surface area contributed by atoms with Crippen molar-refractivity contribution in [1.29, 1.82) is 0 Å². The molecule has 1 atom stereocenters. The molecule has 0 saturated heterocycles. The molecule has 4 nitrogen and oxygen atoms in total. The molecule has 0 amide bonds. The summed E-state index contributed by atoms with van der Waals surface area (Å²) >= 11 is 3.60. The van der Waals surface area contributed by atoms with Crippen molar-refractivity contribution in [2.24, 2.45) is 12.8 Å². The summed E-state index contributed by atoms with van der Waals surface area (Å²) in [5, 5.41) is 4.46. The number of nitrogens with zero attached hydrogens (tertiary/aromatic N) is 2. The van der Waals surface area contributed by atoms with Crippen LogP contribution in [-0.2, 0) is 20.1 Å². The molecule has 0 fully saturated rings. The van der Waals surface area contributed by atoms with E-state index in [-0.39, 0.29) is 6.04 Å². The molecule has 0 radical (unpaired) electrons. The van der Waals surface area contributed by atoms with E-state index in [4.69, 9.17) is 10.5 Å². The van der Waals surface area contributed by atoms with E-state index in [1.54, 1.807) is 0 Å². The van der Waals surface area contributed by atoms with Crippen LogP contribution in [0.25, 0.3) is 0 Å². The maximum Gasteiger partial charge on any atom is 0.131 e. The normalized spacial score (nSPS) is 12.4. The fourth-order valence-electron chi connectivity index (χ4n) is 2.11. The average molecular weight is 338 g/mol. The fraction of sp³-hybridized carbons (Fsp3) is 0.400. The van der Waals surface area contributed by atoms with Crippen LogP contribution in [-0.4, -0.2) is 9.78 Å². The lowest BCUT2D eigenvalue weighted by atomic mass is 10.1. The Morgan fingerprint density at radius 3 is 2.70 bits per heavy atom. The van der Waals surface area contributed by atoms with Gasteiger partial charge in [-0.1, -0.05) is 25.1 Å². The Morgan fingerprint density at radius 2 is 2.10 bits per heavy atom. The third kappa shape index (κ3) is 3.04. The topological polar surface area (TPSA) is 53.1 Å². The Hall–Kier alpha value is -1.33. The predicted molar refractivity (Wildman–Crippen MR) is 83.7 cm³/mol. The first-order valence-corrected chi connectivity index (χ1v) is 7.51. The molecular formula is C15H20BrN3O. The lowest BCUT2D eigenvalue weighted by molar-refractivity contribution is 0.290. The number of rotatable bonds is 5. The molecule has 5 heteroatoms. The number of ether oxygens (including phenoxy) is 1. The zero-order valence-electron chi connectivity index (χ0n) is 12.1. The van der Waals surface area contributed by atoms with Crippen molar-refractivity contribution < 1.29 is 4.74 Å². The standard InChI is InChI=1S/C15H20BrN3O/c1-4-12-15(16)13(19(3)18-12)9-20-14-8-6-5-7-11(14)10(2)17/h5-8,10H,4,9,17H2,1-3H3/t10-/m0/s1. The fourth-order valence-corrected chi connectivity index (χ4v) is 2.84. The second-order valence-corrected chi connectivity index (χ2v) is 5.59. The van der Waals surface area contributed by atoms with Gasteiger partial charge in [-0.05, 0) is 35.3 Å². The highest BCUT2D eigenvalue weighted by molar-refractivity contribution is 9.10. The lowest BCUT2D eigenvalue weighted by Gasteiger charge is -2.14. The smallest absolute Gasteiger partial charge is 0.131 e. The third-order valence-corrected chi connectivity index (χ3v) is 4.19.